The first-order valence-electron chi connectivity index (χ1n) is 11.2. The molecule has 198 valence electrons. The van der Waals surface area contributed by atoms with E-state index in [0.29, 0.717) is 23.0 Å². The summed E-state index contributed by atoms with van der Waals surface area (Å²) in [6.07, 6.45) is -0.0915. The number of ether oxygens (including phenoxy) is 2. The zero-order chi connectivity index (χ0) is 27.3. The van der Waals surface area contributed by atoms with E-state index in [2.05, 4.69) is 24.2 Å². The molecule has 2 rings (SSSR count). The molecule has 2 aromatic carbocycles. The predicted molar refractivity (Wildman–Crippen MR) is 133 cm³/mol. The standard InChI is InChI=1S/C17H27N3O3.C8H7F2NO2/c1-11(2)8-12(3)19-17(18)20-16(21)10-13-6-7-14(22-4)15(9-13)23-5;9-6-2-1-5(3-7(6)10)4-11-8(12)13/h6-7,9,11-12H,8,10H2,1-5H3,(H3,18,19,20,21);1-3,11H,4H2,(H,12,13)/t12-;/m1./s1. The Balaban J connectivity index is 0.000000420. The van der Waals surface area contributed by atoms with Crippen LogP contribution in [0.25, 0.3) is 0 Å². The summed E-state index contributed by atoms with van der Waals surface area (Å²) in [7, 11) is 3.13. The summed E-state index contributed by atoms with van der Waals surface area (Å²) in [5.41, 5.74) is 6.96. The Morgan fingerprint density at radius 3 is 2.19 bits per heavy atom. The second-order valence-electron chi connectivity index (χ2n) is 8.31. The van der Waals surface area contributed by atoms with Crippen molar-refractivity contribution in [3.05, 3.63) is 59.2 Å². The van der Waals surface area contributed by atoms with E-state index in [0.717, 1.165) is 24.1 Å². The maximum absolute atomic E-state index is 12.6. The Morgan fingerprint density at radius 2 is 1.64 bits per heavy atom. The first-order valence-corrected chi connectivity index (χ1v) is 11.2. The van der Waals surface area contributed by atoms with Crippen LogP contribution in [0.4, 0.5) is 13.6 Å². The van der Waals surface area contributed by atoms with Crippen molar-refractivity contribution in [2.24, 2.45) is 16.6 Å². The van der Waals surface area contributed by atoms with Gasteiger partial charge in [0.15, 0.2) is 29.1 Å². The molecule has 0 heterocycles. The van der Waals surface area contributed by atoms with Crippen molar-refractivity contribution in [1.82, 2.24) is 10.6 Å². The Morgan fingerprint density at radius 1 is 1.00 bits per heavy atom. The lowest BCUT2D eigenvalue weighted by Crippen LogP contribution is -2.38. The van der Waals surface area contributed by atoms with Gasteiger partial charge in [0, 0.05) is 6.54 Å². The SMILES string of the molecule is COc1ccc(CC(=O)NC(N)=N[C@H](C)CC(C)C)cc1OC.O=C(O)NCc1ccc(F)c(F)c1. The van der Waals surface area contributed by atoms with Crippen LogP contribution in [0.3, 0.4) is 0 Å². The molecule has 0 bridgehead atoms. The van der Waals surface area contributed by atoms with Gasteiger partial charge in [-0.1, -0.05) is 26.0 Å². The second kappa shape index (κ2) is 15.2. The third-order valence-corrected chi connectivity index (χ3v) is 4.68. The fourth-order valence-corrected chi connectivity index (χ4v) is 3.19. The lowest BCUT2D eigenvalue weighted by molar-refractivity contribution is -0.119. The highest BCUT2D eigenvalue weighted by Gasteiger charge is 2.10. The number of carboxylic acid groups (broad SMARTS) is 1. The average molecular weight is 509 g/mol. The molecule has 0 saturated heterocycles. The third kappa shape index (κ3) is 11.5. The van der Waals surface area contributed by atoms with Gasteiger partial charge in [-0.3, -0.25) is 15.1 Å². The van der Waals surface area contributed by atoms with Crippen LogP contribution in [0.15, 0.2) is 41.4 Å². The topological polar surface area (TPSA) is 135 Å². The summed E-state index contributed by atoms with van der Waals surface area (Å²) >= 11 is 0. The highest BCUT2D eigenvalue weighted by atomic mass is 19.2. The first kappa shape index (κ1) is 30.1. The minimum absolute atomic E-state index is 0.0352. The Bertz CT molecular complexity index is 1050. The number of carbonyl (C=O) groups excluding carboxylic acids is 1. The van der Waals surface area contributed by atoms with Crippen LogP contribution in [0, 0.1) is 17.6 Å². The number of hydrogen-bond donors (Lipinski definition) is 4. The van der Waals surface area contributed by atoms with Gasteiger partial charge in [0.25, 0.3) is 0 Å². The number of nitrogens with two attached hydrogens (primary N) is 1. The minimum atomic E-state index is -1.20. The van der Waals surface area contributed by atoms with E-state index in [1.165, 1.54) is 6.07 Å². The van der Waals surface area contributed by atoms with Crippen molar-refractivity contribution in [3.8, 4) is 11.5 Å². The highest BCUT2D eigenvalue weighted by Crippen LogP contribution is 2.27. The molecule has 1 atom stereocenters. The van der Waals surface area contributed by atoms with Crippen molar-refractivity contribution < 1.29 is 33.0 Å². The molecule has 11 heteroatoms. The van der Waals surface area contributed by atoms with E-state index in [4.69, 9.17) is 20.3 Å². The molecular weight excluding hydrogens is 474 g/mol. The van der Waals surface area contributed by atoms with Crippen molar-refractivity contribution in [2.75, 3.05) is 14.2 Å². The molecule has 0 aliphatic heterocycles. The number of guanidine groups is 1. The number of amides is 2. The van der Waals surface area contributed by atoms with E-state index in [1.807, 2.05) is 18.3 Å². The number of nitrogens with zero attached hydrogens (tertiary/aromatic N) is 1. The fraction of sp³-hybridized carbons (Fsp3) is 0.400. The van der Waals surface area contributed by atoms with Crippen molar-refractivity contribution >= 4 is 18.0 Å². The summed E-state index contributed by atoms with van der Waals surface area (Å²) in [4.78, 5) is 26.4. The molecular formula is C25H34F2N4O5. The molecule has 36 heavy (non-hydrogen) atoms. The lowest BCUT2D eigenvalue weighted by Gasteiger charge is -2.12. The zero-order valence-corrected chi connectivity index (χ0v) is 21.1. The van der Waals surface area contributed by atoms with E-state index in [-0.39, 0.29) is 30.9 Å². The van der Waals surface area contributed by atoms with Crippen LogP contribution in [-0.4, -0.2) is 43.3 Å². The van der Waals surface area contributed by atoms with E-state index in [9.17, 15) is 18.4 Å². The van der Waals surface area contributed by atoms with Gasteiger partial charge in [-0.15, -0.1) is 0 Å². The number of hydrogen-bond acceptors (Lipinski definition) is 5. The maximum Gasteiger partial charge on any atom is 0.404 e. The van der Waals surface area contributed by atoms with Gasteiger partial charge in [0.05, 0.1) is 26.7 Å². The van der Waals surface area contributed by atoms with Crippen LogP contribution in [0.5, 0.6) is 11.5 Å². The van der Waals surface area contributed by atoms with Crippen LogP contribution in [0.2, 0.25) is 0 Å². The predicted octanol–water partition coefficient (Wildman–Crippen LogP) is 3.84. The monoisotopic (exact) mass is 508 g/mol. The lowest BCUT2D eigenvalue weighted by atomic mass is 10.1. The molecule has 2 amide bonds. The van der Waals surface area contributed by atoms with Gasteiger partial charge < -0.3 is 25.6 Å². The molecule has 0 aliphatic rings. The Labute approximate surface area is 209 Å². The van der Waals surface area contributed by atoms with Crippen LogP contribution < -0.4 is 25.8 Å². The molecule has 0 fully saturated rings. The van der Waals surface area contributed by atoms with Crippen LogP contribution in [-0.2, 0) is 17.8 Å². The molecule has 5 N–H and O–H groups in total. The van der Waals surface area contributed by atoms with Gasteiger partial charge >= 0.3 is 6.09 Å². The molecule has 0 saturated carbocycles. The summed E-state index contributed by atoms with van der Waals surface area (Å²) in [5, 5.41) is 12.9. The molecule has 9 nitrogen and oxygen atoms in total. The van der Waals surface area contributed by atoms with Gasteiger partial charge in [-0.25, -0.2) is 13.6 Å². The number of nitrogens with one attached hydrogen (secondary N) is 2. The average Bonchev–Trinajstić information content (AvgIpc) is 2.79. The highest BCUT2D eigenvalue weighted by molar-refractivity contribution is 5.97. The van der Waals surface area contributed by atoms with E-state index in [1.54, 1.807) is 26.4 Å². The quantitative estimate of drug-likeness (QED) is 0.300. The van der Waals surface area contributed by atoms with Crippen LogP contribution in [0.1, 0.15) is 38.3 Å². The maximum atomic E-state index is 12.6. The van der Waals surface area contributed by atoms with E-state index >= 15 is 0 Å². The second-order valence-corrected chi connectivity index (χ2v) is 8.31. The molecule has 0 unspecified atom stereocenters. The number of benzene rings is 2. The third-order valence-electron chi connectivity index (χ3n) is 4.68. The molecule has 0 aromatic heterocycles. The van der Waals surface area contributed by atoms with Gasteiger partial charge in [0.1, 0.15) is 0 Å². The van der Waals surface area contributed by atoms with Crippen molar-refractivity contribution in [2.45, 2.75) is 46.2 Å². The minimum Gasteiger partial charge on any atom is -0.493 e. The summed E-state index contributed by atoms with van der Waals surface area (Å²) < 4.78 is 35.3. The normalized spacial score (nSPS) is 11.7. The van der Waals surface area contributed by atoms with Gasteiger partial charge in [0.2, 0.25) is 5.91 Å². The van der Waals surface area contributed by atoms with Gasteiger partial charge in [-0.05, 0) is 54.7 Å². The van der Waals surface area contributed by atoms with Crippen molar-refractivity contribution in [3.63, 3.8) is 0 Å². The molecule has 2 aromatic rings. The fourth-order valence-electron chi connectivity index (χ4n) is 3.19. The van der Waals surface area contributed by atoms with Crippen molar-refractivity contribution in [1.29, 1.82) is 0 Å². The number of methoxy groups -OCH3 is 2. The van der Waals surface area contributed by atoms with E-state index < -0.39 is 17.7 Å². The largest absolute Gasteiger partial charge is 0.493 e. The molecule has 0 aliphatic carbocycles. The number of carbonyl (C=O) groups is 2. The summed E-state index contributed by atoms with van der Waals surface area (Å²) in [6, 6.07) is 8.65. The number of halogens is 2. The smallest absolute Gasteiger partial charge is 0.404 e. The van der Waals surface area contributed by atoms with Gasteiger partial charge in [-0.2, -0.15) is 0 Å². The first-order chi connectivity index (χ1) is 16.9. The molecule has 0 radical (unpaired) electrons. The molecule has 0 spiro atoms. The van der Waals surface area contributed by atoms with Crippen LogP contribution >= 0.6 is 0 Å². The zero-order valence-electron chi connectivity index (χ0n) is 21.1. The summed E-state index contributed by atoms with van der Waals surface area (Å²) in [6.45, 7) is 6.19. The Kier molecular flexibility index (Phi) is 12.7. The number of rotatable bonds is 9. The number of aliphatic imine (C=N–C) groups is 1. The summed E-state index contributed by atoms with van der Waals surface area (Å²) in [5.74, 6) is -0.239. The Hall–Kier alpha value is -3.89.